The summed E-state index contributed by atoms with van der Waals surface area (Å²) in [6.45, 7) is 6.77. The molecule has 0 heterocycles. The van der Waals surface area contributed by atoms with E-state index in [0.717, 1.165) is 58.9 Å². The fourth-order valence-corrected chi connectivity index (χ4v) is 4.97. The van der Waals surface area contributed by atoms with Crippen molar-refractivity contribution in [1.29, 1.82) is 10.5 Å². The van der Waals surface area contributed by atoms with Crippen molar-refractivity contribution in [2.75, 3.05) is 21.3 Å². The first-order valence-electron chi connectivity index (χ1n) is 18.9. The van der Waals surface area contributed by atoms with Crippen molar-refractivity contribution < 1.29 is 73.2 Å². The Hall–Kier alpha value is -7.37. The summed E-state index contributed by atoms with van der Waals surface area (Å²) in [6.07, 6.45) is 0. The van der Waals surface area contributed by atoms with Gasteiger partial charge in [0, 0.05) is 63.1 Å². The number of carboxylic acid groups (broad SMARTS) is 2. The number of hydrogen-bond donors (Lipinski definition) is 6. The fourth-order valence-electron chi connectivity index (χ4n) is 4.97. The summed E-state index contributed by atoms with van der Waals surface area (Å²) in [5.74, 6) is -1.55. The summed E-state index contributed by atoms with van der Waals surface area (Å²) in [6, 6.07) is 47.6. The number of benzene rings is 6. The molecule has 6 aromatic rings. The second kappa shape index (κ2) is 35.2. The van der Waals surface area contributed by atoms with Crippen LogP contribution in [0, 0.1) is 22.7 Å². The predicted molar refractivity (Wildman–Crippen MR) is 234 cm³/mol. The Morgan fingerprint density at radius 3 is 0.875 bits per heavy atom. The molecule has 0 radical (unpaired) electrons. The van der Waals surface area contributed by atoms with Gasteiger partial charge in [-0.1, -0.05) is 109 Å². The number of phenols is 2. The molecule has 64 heavy (non-hydrogen) atoms. The maximum atomic E-state index is 11.8. The first-order chi connectivity index (χ1) is 29.8. The number of nitriles is 2. The third-order valence-electron chi connectivity index (χ3n) is 7.66. The van der Waals surface area contributed by atoms with Crippen LogP contribution in [0.4, 0.5) is 22.7 Å². The molecule has 0 aliphatic heterocycles. The first kappa shape index (κ1) is 58.7. The van der Waals surface area contributed by atoms with E-state index in [2.05, 4.69) is 21.3 Å². The van der Waals surface area contributed by atoms with E-state index in [9.17, 15) is 20.4 Å². The van der Waals surface area contributed by atoms with Crippen LogP contribution in [0.15, 0.2) is 146 Å². The minimum absolute atomic E-state index is 0. The van der Waals surface area contributed by atoms with Gasteiger partial charge in [-0.2, -0.15) is 10.5 Å². The van der Waals surface area contributed by atoms with Gasteiger partial charge in [0.1, 0.15) is 11.5 Å². The van der Waals surface area contributed by atoms with Gasteiger partial charge in [-0.25, -0.2) is 0 Å². The standard InChI is InChI=1S/2C20H20N2O2.2C2H3N.2C2H4O2.2Ni/c2*23-19-11-5-1-7-15(19)13-21-17-9-3-4-10-18(17)22-14-16-8-2-6-12-20(16)24;2*1-2-3;2*1-2(3)4;;/h2*1-12,21-24H,13-14H2;2*1H3;2*1H3,(H,3,4);;/q;;;;;;2*+2/p-4. The number of nitrogens with one attached hydrogen (secondary N) is 4. The maximum absolute atomic E-state index is 11.8. The average Bonchev–Trinajstić information content (AvgIpc) is 3.24. The smallest absolute Gasteiger partial charge is 0.872 e. The van der Waals surface area contributed by atoms with Gasteiger partial charge in [-0.3, -0.25) is 0 Å². The van der Waals surface area contributed by atoms with Crippen molar-refractivity contribution >= 4 is 34.7 Å². The summed E-state index contributed by atoms with van der Waals surface area (Å²) in [5, 5.41) is 88.9. The van der Waals surface area contributed by atoms with Crippen molar-refractivity contribution in [2.24, 2.45) is 0 Å². The minimum Gasteiger partial charge on any atom is -0.872 e. The minimum atomic E-state index is -1.08. The summed E-state index contributed by atoms with van der Waals surface area (Å²) in [7, 11) is 0. The van der Waals surface area contributed by atoms with Crippen LogP contribution >= 0.6 is 0 Å². The number of aliphatic carboxylic acids is 2. The Labute approximate surface area is 394 Å². The van der Waals surface area contributed by atoms with Gasteiger partial charge in [0.2, 0.25) is 0 Å². The molecule has 0 fully saturated rings. The topological polar surface area (TPSA) is 263 Å². The molecule has 0 aliphatic rings. The normalized spacial score (nSPS) is 8.78. The Balaban J connectivity index is 0. The molecule has 6 N–H and O–H groups in total. The van der Waals surface area contributed by atoms with Crippen LogP contribution in [0.1, 0.15) is 49.9 Å². The molecule has 0 unspecified atom stereocenters. The van der Waals surface area contributed by atoms with Crippen molar-refractivity contribution in [1.82, 2.24) is 0 Å². The van der Waals surface area contributed by atoms with E-state index in [1.807, 2.05) is 97.1 Å². The molecule has 0 atom stereocenters. The molecule has 14 nitrogen and oxygen atoms in total. The number of carbonyl (C=O) groups is 2. The van der Waals surface area contributed by atoms with Crippen molar-refractivity contribution in [3.8, 4) is 35.1 Å². The van der Waals surface area contributed by atoms with Crippen LogP contribution in [0.25, 0.3) is 0 Å². The molecular weight excluding hydrogens is 906 g/mol. The zero-order valence-electron chi connectivity index (χ0n) is 35.6. The molecule has 16 heteroatoms. The number of phenolic OH excluding ortho intramolecular Hbond substituents is 2. The molecule has 0 aromatic heterocycles. The molecule has 0 amide bonds. The summed E-state index contributed by atoms with van der Waals surface area (Å²) in [5.41, 5.74) is 6.79. The number of carbonyl (C=O) groups excluding carboxylic acids is 2. The monoisotopic (exact) mass is 954 g/mol. The van der Waals surface area contributed by atoms with Gasteiger partial charge in [-0.15, -0.1) is 11.5 Å². The number of aromatic hydroxyl groups is 2. The second-order valence-electron chi connectivity index (χ2n) is 12.4. The van der Waals surface area contributed by atoms with Gasteiger partial charge >= 0.3 is 33.0 Å². The molecule has 340 valence electrons. The Bertz CT molecular complexity index is 2030. The van der Waals surface area contributed by atoms with Crippen LogP contribution in [-0.2, 0) is 68.8 Å². The molecule has 0 bridgehead atoms. The molecule has 0 spiro atoms. The number of rotatable bonds is 12. The summed E-state index contributed by atoms with van der Waals surface area (Å²) in [4.78, 5) is 17.8. The number of anilines is 4. The van der Waals surface area contributed by atoms with E-state index < -0.39 is 11.9 Å². The molecular formula is C48H50N6Ni2O8. The second-order valence-corrected chi connectivity index (χ2v) is 12.4. The van der Waals surface area contributed by atoms with E-state index in [-0.39, 0.29) is 56.0 Å². The molecule has 6 rings (SSSR count). The van der Waals surface area contributed by atoms with Crippen LogP contribution < -0.4 is 41.7 Å². The van der Waals surface area contributed by atoms with E-state index in [1.165, 1.54) is 13.8 Å². The molecule has 0 saturated carbocycles. The number of hydrogen-bond acceptors (Lipinski definition) is 14. The van der Waals surface area contributed by atoms with Gasteiger partial charge in [0.05, 0.1) is 34.9 Å². The Morgan fingerprint density at radius 2 is 0.641 bits per heavy atom. The summed E-state index contributed by atoms with van der Waals surface area (Å²) >= 11 is 0. The largest absolute Gasteiger partial charge is 2.00 e. The van der Waals surface area contributed by atoms with Crippen molar-refractivity contribution in [3.63, 3.8) is 0 Å². The molecule has 0 saturated heterocycles. The van der Waals surface area contributed by atoms with Gasteiger partial charge in [-0.05, 0) is 61.4 Å². The van der Waals surface area contributed by atoms with Gasteiger partial charge < -0.3 is 61.5 Å². The third kappa shape index (κ3) is 25.4. The van der Waals surface area contributed by atoms with Crippen LogP contribution in [0.5, 0.6) is 23.0 Å². The zero-order chi connectivity index (χ0) is 46.1. The van der Waals surface area contributed by atoms with Crippen LogP contribution in [0.2, 0.25) is 0 Å². The van der Waals surface area contributed by atoms with Crippen molar-refractivity contribution in [2.45, 2.75) is 53.9 Å². The van der Waals surface area contributed by atoms with E-state index >= 15 is 0 Å². The van der Waals surface area contributed by atoms with Gasteiger partial charge in [0.25, 0.3) is 0 Å². The quantitative estimate of drug-likeness (QED) is 0.0775. The Kier molecular flexibility index (Phi) is 32.3. The number of nitrogens with zero attached hydrogens (tertiary/aromatic N) is 2. The Morgan fingerprint density at radius 1 is 0.453 bits per heavy atom. The van der Waals surface area contributed by atoms with Crippen LogP contribution in [-0.4, -0.2) is 22.2 Å². The van der Waals surface area contributed by atoms with E-state index in [1.54, 1.807) is 60.7 Å². The number of para-hydroxylation sites is 8. The van der Waals surface area contributed by atoms with E-state index in [4.69, 9.17) is 30.3 Å². The van der Waals surface area contributed by atoms with Crippen LogP contribution in [0.3, 0.4) is 0 Å². The molecule has 6 aromatic carbocycles. The zero-order valence-corrected chi connectivity index (χ0v) is 37.5. The SMILES string of the molecule is CC#N.CC#N.CC(=O)[O-].CC(=O)[O-].[Ni+2].[Ni+2].[O-]c1ccccc1CNc1ccccc1NCc1ccccc1O.[O-]c1ccccc1CNc1ccccc1NCc1ccccc1O. The molecule has 0 aliphatic carbocycles. The van der Waals surface area contributed by atoms with Crippen molar-refractivity contribution in [3.05, 3.63) is 168 Å². The fraction of sp³-hybridized carbons (Fsp3) is 0.167. The van der Waals surface area contributed by atoms with Gasteiger partial charge in [0.15, 0.2) is 0 Å². The van der Waals surface area contributed by atoms with E-state index in [0.29, 0.717) is 26.2 Å². The number of carboxylic acids is 2. The summed E-state index contributed by atoms with van der Waals surface area (Å²) < 4.78 is 0. The maximum Gasteiger partial charge on any atom is 2.00 e. The average molecular weight is 956 g/mol. The predicted octanol–water partition coefficient (Wildman–Crippen LogP) is 5.95. The first-order valence-corrected chi connectivity index (χ1v) is 18.9. The third-order valence-corrected chi connectivity index (χ3v) is 7.66.